The SMILES string of the molecule is CC/C=C\C/C=C\C/C=C\C/C=C\C/C=C\C/C=C\CCCCCC(O)C(=O)NC(COC1OC(CO)C(O)C(O)C1OC(=O)CCCCCCC/C=C\C/C=C\C/C=C\C/C=C\C/C=C\CC)C(O)/C=C/CCCCCCCCCCC. The number of rotatable bonds is 53. The monoisotopic (exact) mass is 1160 g/mol. The van der Waals surface area contributed by atoms with Crippen LogP contribution in [0, 0.1) is 0 Å². The Labute approximate surface area is 505 Å². The van der Waals surface area contributed by atoms with Gasteiger partial charge in [-0.2, -0.15) is 0 Å². The largest absolute Gasteiger partial charge is 0.454 e. The number of esters is 1. The lowest BCUT2D eigenvalue weighted by Gasteiger charge is -2.41. The van der Waals surface area contributed by atoms with E-state index in [1.165, 1.54) is 38.5 Å². The zero-order chi connectivity index (χ0) is 60.3. The van der Waals surface area contributed by atoms with Crippen LogP contribution in [0.1, 0.15) is 233 Å². The van der Waals surface area contributed by atoms with Crippen LogP contribution in [0.15, 0.2) is 146 Å². The fourth-order valence-corrected chi connectivity index (χ4v) is 9.15. The minimum Gasteiger partial charge on any atom is -0.454 e. The Bertz CT molecular complexity index is 1910. The number of hydrogen-bond donors (Lipinski definition) is 6. The Kier molecular flexibility index (Phi) is 53.4. The highest BCUT2D eigenvalue weighted by molar-refractivity contribution is 5.80. The molecule has 1 amide bonds. The molecule has 11 heteroatoms. The highest BCUT2D eigenvalue weighted by Crippen LogP contribution is 2.26. The smallest absolute Gasteiger partial charge is 0.306 e. The Hall–Kier alpha value is -4.46. The Morgan fingerprint density at radius 1 is 0.482 bits per heavy atom. The summed E-state index contributed by atoms with van der Waals surface area (Å²) in [6.07, 6.45) is 73.0. The number of carbonyl (C=O) groups is 2. The maximum absolute atomic E-state index is 13.4. The average molecular weight is 1160 g/mol. The first-order valence-electron chi connectivity index (χ1n) is 32.6. The maximum Gasteiger partial charge on any atom is 0.306 e. The van der Waals surface area contributed by atoms with Crippen LogP contribution in [0.2, 0.25) is 0 Å². The number of carbonyl (C=O) groups excluding carboxylic acids is 2. The number of ether oxygens (including phenoxy) is 3. The van der Waals surface area contributed by atoms with Crippen LogP contribution in [-0.2, 0) is 23.8 Å². The number of aliphatic hydroxyl groups is 5. The molecule has 0 bridgehead atoms. The third-order valence-electron chi connectivity index (χ3n) is 14.2. The van der Waals surface area contributed by atoms with Crippen LogP contribution in [0.5, 0.6) is 0 Å². The van der Waals surface area contributed by atoms with Crippen molar-refractivity contribution in [3.8, 4) is 0 Å². The molecule has 1 fully saturated rings. The predicted octanol–water partition coefficient (Wildman–Crippen LogP) is 16.2. The second-order valence-electron chi connectivity index (χ2n) is 21.7. The fraction of sp³-hybridized carbons (Fsp3) is 0.639. The van der Waals surface area contributed by atoms with Crippen molar-refractivity contribution < 1.29 is 49.3 Å². The minimum atomic E-state index is -1.64. The molecular weight excluding hydrogens is 1040 g/mol. The number of nitrogens with one attached hydrogen (secondary N) is 1. The van der Waals surface area contributed by atoms with Crippen molar-refractivity contribution in [3.63, 3.8) is 0 Å². The second kappa shape index (κ2) is 57.9. The molecule has 0 aromatic heterocycles. The minimum absolute atomic E-state index is 0.0891. The normalized spacial score (nSPS) is 19.5. The van der Waals surface area contributed by atoms with Crippen LogP contribution in [0.3, 0.4) is 0 Å². The van der Waals surface area contributed by atoms with Gasteiger partial charge in [-0.3, -0.25) is 9.59 Å². The van der Waals surface area contributed by atoms with E-state index in [9.17, 15) is 35.1 Å². The van der Waals surface area contributed by atoms with Crippen LogP contribution >= 0.6 is 0 Å². The molecule has 1 aliphatic rings. The standard InChI is InChI=1S/C72H117NO10/c1-4-7-10-13-16-19-22-24-26-28-30-32-34-35-37-39-41-44-47-50-53-56-59-65(76)71(80)73-63(64(75)58-55-52-49-46-43-21-18-15-12-9-6-3)62-81-72-70(69(79)68(78)66(61-74)82-72)83-67(77)60-57-54-51-48-45-42-40-38-36-33-31-29-27-25-23-20-17-14-11-8-5-2/h7-8,10-11,16-17,19-20,24-27,30-33,35,37-38,40-41,44,55,58,63-66,68-70,72,74-76,78-79H,4-6,9,12-15,18,21-23,28-29,34,36,39,42-43,45-54,56-57,59-62H2,1-3H3,(H,73,80)/b10-7-,11-8-,19-16-,20-17-,26-24-,27-25-,32-30-,33-31-,37-35-,40-38-,44-41-,58-55+. The van der Waals surface area contributed by atoms with E-state index in [2.05, 4.69) is 160 Å². The van der Waals surface area contributed by atoms with E-state index in [4.69, 9.17) is 14.2 Å². The van der Waals surface area contributed by atoms with Crippen LogP contribution in [-0.4, -0.2) is 99.6 Å². The zero-order valence-corrected chi connectivity index (χ0v) is 52.0. The van der Waals surface area contributed by atoms with Crippen molar-refractivity contribution in [3.05, 3.63) is 146 Å². The van der Waals surface area contributed by atoms with E-state index in [0.717, 1.165) is 148 Å². The van der Waals surface area contributed by atoms with Crippen molar-refractivity contribution in [2.45, 2.75) is 282 Å². The van der Waals surface area contributed by atoms with Gasteiger partial charge in [-0.15, -0.1) is 0 Å². The molecule has 11 nitrogen and oxygen atoms in total. The number of unbranched alkanes of at least 4 members (excludes halogenated alkanes) is 17. The number of hydrogen-bond acceptors (Lipinski definition) is 10. The molecule has 6 N–H and O–H groups in total. The molecule has 1 saturated heterocycles. The molecule has 0 aliphatic carbocycles. The summed E-state index contributed by atoms with van der Waals surface area (Å²) in [6.45, 7) is 5.52. The molecule has 83 heavy (non-hydrogen) atoms. The van der Waals surface area contributed by atoms with E-state index < -0.39 is 67.4 Å². The van der Waals surface area contributed by atoms with Gasteiger partial charge in [0.15, 0.2) is 12.4 Å². The third-order valence-corrected chi connectivity index (χ3v) is 14.2. The maximum atomic E-state index is 13.4. The lowest BCUT2D eigenvalue weighted by molar-refractivity contribution is -0.305. The van der Waals surface area contributed by atoms with Gasteiger partial charge in [0, 0.05) is 6.42 Å². The van der Waals surface area contributed by atoms with Gasteiger partial charge in [-0.25, -0.2) is 0 Å². The molecule has 8 atom stereocenters. The van der Waals surface area contributed by atoms with Gasteiger partial charge in [0.05, 0.1) is 25.4 Å². The number of amides is 1. The molecule has 1 heterocycles. The van der Waals surface area contributed by atoms with Crippen molar-refractivity contribution in [2.24, 2.45) is 0 Å². The first-order chi connectivity index (χ1) is 40.7. The lowest BCUT2D eigenvalue weighted by Crippen LogP contribution is -2.61. The molecule has 1 rings (SSSR count). The fourth-order valence-electron chi connectivity index (χ4n) is 9.15. The van der Waals surface area contributed by atoms with Crippen LogP contribution < -0.4 is 5.32 Å². The van der Waals surface area contributed by atoms with Crippen molar-refractivity contribution in [2.75, 3.05) is 13.2 Å². The molecular formula is C72H117NO10. The number of allylic oxidation sites excluding steroid dienone is 23. The van der Waals surface area contributed by atoms with Gasteiger partial charge in [0.2, 0.25) is 5.91 Å². The van der Waals surface area contributed by atoms with E-state index in [1.54, 1.807) is 6.08 Å². The van der Waals surface area contributed by atoms with E-state index in [0.29, 0.717) is 12.8 Å². The van der Waals surface area contributed by atoms with Crippen LogP contribution in [0.25, 0.3) is 0 Å². The Morgan fingerprint density at radius 3 is 1.30 bits per heavy atom. The zero-order valence-electron chi connectivity index (χ0n) is 52.0. The Morgan fingerprint density at radius 2 is 0.867 bits per heavy atom. The van der Waals surface area contributed by atoms with Gasteiger partial charge in [0.1, 0.15) is 24.4 Å². The van der Waals surface area contributed by atoms with Gasteiger partial charge in [-0.1, -0.05) is 250 Å². The highest BCUT2D eigenvalue weighted by Gasteiger charge is 2.47. The summed E-state index contributed by atoms with van der Waals surface area (Å²) in [6, 6.07) is -1.05. The summed E-state index contributed by atoms with van der Waals surface area (Å²) in [4.78, 5) is 26.6. The molecule has 0 aromatic carbocycles. The summed E-state index contributed by atoms with van der Waals surface area (Å²) in [5.41, 5.74) is 0. The molecule has 0 aromatic rings. The molecule has 470 valence electrons. The van der Waals surface area contributed by atoms with Crippen LogP contribution in [0.4, 0.5) is 0 Å². The summed E-state index contributed by atoms with van der Waals surface area (Å²) in [5.74, 6) is -1.25. The third kappa shape index (κ3) is 45.6. The summed E-state index contributed by atoms with van der Waals surface area (Å²) in [7, 11) is 0. The van der Waals surface area contributed by atoms with Crippen molar-refractivity contribution in [1.29, 1.82) is 0 Å². The van der Waals surface area contributed by atoms with Gasteiger partial charge in [-0.05, 0) is 122 Å². The topological polar surface area (TPSA) is 175 Å². The van der Waals surface area contributed by atoms with E-state index >= 15 is 0 Å². The first kappa shape index (κ1) is 76.6. The molecule has 0 spiro atoms. The second-order valence-corrected chi connectivity index (χ2v) is 21.7. The molecule has 0 saturated carbocycles. The summed E-state index contributed by atoms with van der Waals surface area (Å²) >= 11 is 0. The van der Waals surface area contributed by atoms with Crippen molar-refractivity contribution in [1.82, 2.24) is 5.32 Å². The first-order valence-corrected chi connectivity index (χ1v) is 32.6. The lowest BCUT2D eigenvalue weighted by atomic mass is 9.99. The molecule has 8 unspecified atom stereocenters. The number of aliphatic hydroxyl groups excluding tert-OH is 5. The Balaban J connectivity index is 2.67. The average Bonchev–Trinajstić information content (AvgIpc) is 3.52. The molecule has 1 aliphatic heterocycles. The van der Waals surface area contributed by atoms with E-state index in [-0.39, 0.29) is 19.4 Å². The van der Waals surface area contributed by atoms with E-state index in [1.807, 2.05) is 6.08 Å². The molecule has 0 radical (unpaired) electrons. The van der Waals surface area contributed by atoms with Gasteiger partial charge < -0.3 is 45.1 Å². The quantitative estimate of drug-likeness (QED) is 0.0195. The summed E-state index contributed by atoms with van der Waals surface area (Å²) in [5, 5.41) is 57.0. The van der Waals surface area contributed by atoms with Crippen molar-refractivity contribution >= 4 is 11.9 Å². The predicted molar refractivity (Wildman–Crippen MR) is 347 cm³/mol. The van der Waals surface area contributed by atoms with Gasteiger partial charge >= 0.3 is 5.97 Å². The van der Waals surface area contributed by atoms with Gasteiger partial charge in [0.25, 0.3) is 0 Å². The summed E-state index contributed by atoms with van der Waals surface area (Å²) < 4.78 is 17.6. The highest BCUT2D eigenvalue weighted by atomic mass is 16.7.